The van der Waals surface area contributed by atoms with E-state index in [4.69, 9.17) is 9.47 Å². The quantitative estimate of drug-likeness (QED) is 0.588. The molecule has 3 rings (SSSR count). The van der Waals surface area contributed by atoms with Crippen LogP contribution >= 0.6 is 0 Å². The molecule has 76 valence electrons. The van der Waals surface area contributed by atoms with Gasteiger partial charge < -0.3 is 9.47 Å². The average molecular weight is 194 g/mol. The third-order valence-corrected chi connectivity index (χ3v) is 3.54. The largest absolute Gasteiger partial charge is 0.490 e. The van der Waals surface area contributed by atoms with Gasteiger partial charge in [0, 0.05) is 0 Å². The third-order valence-electron chi connectivity index (χ3n) is 3.54. The molecule has 2 aliphatic carbocycles. The van der Waals surface area contributed by atoms with Crippen molar-refractivity contribution in [3.8, 4) is 0 Å². The highest BCUT2D eigenvalue weighted by Gasteiger charge is 2.67. The molecule has 14 heavy (non-hydrogen) atoms. The molecule has 0 aromatic carbocycles. The van der Waals surface area contributed by atoms with Crippen LogP contribution in [-0.2, 0) is 14.3 Å². The molecule has 3 nitrogen and oxygen atoms in total. The van der Waals surface area contributed by atoms with Gasteiger partial charge in [-0.2, -0.15) is 0 Å². The lowest BCUT2D eigenvalue weighted by Gasteiger charge is -2.24. The van der Waals surface area contributed by atoms with Crippen molar-refractivity contribution < 1.29 is 14.3 Å². The summed E-state index contributed by atoms with van der Waals surface area (Å²) < 4.78 is 11.2. The van der Waals surface area contributed by atoms with Crippen LogP contribution in [0, 0.1) is 10.8 Å². The summed E-state index contributed by atoms with van der Waals surface area (Å²) in [7, 11) is 0. The fraction of sp³-hybridized carbons (Fsp3) is 0.727. The van der Waals surface area contributed by atoms with Gasteiger partial charge in [0.2, 0.25) is 0 Å². The predicted molar refractivity (Wildman–Crippen MR) is 49.4 cm³/mol. The Morgan fingerprint density at radius 1 is 1.07 bits per heavy atom. The van der Waals surface area contributed by atoms with Crippen LogP contribution in [0.25, 0.3) is 0 Å². The minimum absolute atomic E-state index is 0.279. The zero-order valence-electron chi connectivity index (χ0n) is 8.55. The normalized spacial score (nSPS) is 31.1. The molecule has 0 aromatic heterocycles. The summed E-state index contributed by atoms with van der Waals surface area (Å²) in [6.45, 7) is 5.04. The number of Topliss-reactive ketones (excluding diaryl/α,β-unsaturated/α-hetero) is 1. The predicted octanol–water partition coefficient (Wildman–Crippen LogP) is 1.63. The summed E-state index contributed by atoms with van der Waals surface area (Å²) in [5.74, 6) is 1.93. The maximum atomic E-state index is 12.2. The Hall–Kier alpha value is -0.990. The first-order valence-corrected chi connectivity index (χ1v) is 5.15. The van der Waals surface area contributed by atoms with Crippen LogP contribution in [0.4, 0.5) is 0 Å². The molecule has 0 atom stereocenters. The Balaban J connectivity index is 2.15. The van der Waals surface area contributed by atoms with Crippen LogP contribution < -0.4 is 0 Å². The van der Waals surface area contributed by atoms with Crippen LogP contribution in [0.1, 0.15) is 26.7 Å². The van der Waals surface area contributed by atoms with Gasteiger partial charge >= 0.3 is 0 Å². The summed E-state index contributed by atoms with van der Waals surface area (Å²) in [5, 5.41) is 0. The topological polar surface area (TPSA) is 35.5 Å². The number of ether oxygens (including phenoxy) is 2. The van der Waals surface area contributed by atoms with E-state index in [-0.39, 0.29) is 11.2 Å². The zero-order chi connectivity index (χ0) is 9.97. The van der Waals surface area contributed by atoms with Gasteiger partial charge in [0.05, 0.1) is 10.8 Å². The van der Waals surface area contributed by atoms with Crippen LogP contribution in [0.3, 0.4) is 0 Å². The fourth-order valence-electron chi connectivity index (χ4n) is 2.62. The van der Waals surface area contributed by atoms with E-state index in [0.717, 1.165) is 24.4 Å². The Labute approximate surface area is 83.1 Å². The highest BCUT2D eigenvalue weighted by atomic mass is 16.6. The second-order valence-electron chi connectivity index (χ2n) is 4.89. The summed E-state index contributed by atoms with van der Waals surface area (Å²) in [6, 6.07) is 0. The highest BCUT2D eigenvalue weighted by Crippen LogP contribution is 2.64. The van der Waals surface area contributed by atoms with Crippen LogP contribution in [-0.4, -0.2) is 19.0 Å². The van der Waals surface area contributed by atoms with Crippen molar-refractivity contribution in [1.29, 1.82) is 0 Å². The number of hydrogen-bond acceptors (Lipinski definition) is 3. The number of allylic oxidation sites excluding steroid dienone is 2. The second-order valence-corrected chi connectivity index (χ2v) is 4.89. The lowest BCUT2D eigenvalue weighted by molar-refractivity contribution is -0.129. The maximum absolute atomic E-state index is 12.2. The summed E-state index contributed by atoms with van der Waals surface area (Å²) in [4.78, 5) is 12.2. The molecular formula is C11H14O3. The molecule has 3 aliphatic rings. The minimum atomic E-state index is -0.466. The van der Waals surface area contributed by atoms with Crippen molar-refractivity contribution in [2.75, 3.05) is 13.2 Å². The molecule has 0 bridgehead atoms. The lowest BCUT2D eigenvalue weighted by Crippen LogP contribution is -2.27. The van der Waals surface area contributed by atoms with Gasteiger partial charge in [-0.15, -0.1) is 0 Å². The number of rotatable bonds is 0. The minimum Gasteiger partial charge on any atom is -0.490 e. The molecule has 1 aliphatic heterocycles. The Morgan fingerprint density at radius 2 is 1.64 bits per heavy atom. The average Bonchev–Trinajstić information content (AvgIpc) is 2.94. The molecule has 3 heteroatoms. The van der Waals surface area contributed by atoms with E-state index in [1.165, 1.54) is 0 Å². The van der Waals surface area contributed by atoms with Gasteiger partial charge in [0.25, 0.3) is 0 Å². The van der Waals surface area contributed by atoms with Gasteiger partial charge in [0.1, 0.15) is 24.7 Å². The van der Waals surface area contributed by atoms with Crippen molar-refractivity contribution in [2.24, 2.45) is 10.8 Å². The van der Waals surface area contributed by atoms with Gasteiger partial charge in [-0.3, -0.25) is 4.79 Å². The number of fused-ring (bicyclic) bond motifs is 1. The number of hydrogen-bond donors (Lipinski definition) is 0. The molecule has 1 heterocycles. The number of ketones is 1. The molecule has 0 saturated heterocycles. The van der Waals surface area contributed by atoms with E-state index in [1.54, 1.807) is 0 Å². The molecule has 0 amide bonds. The van der Waals surface area contributed by atoms with Crippen molar-refractivity contribution in [2.45, 2.75) is 26.7 Å². The molecule has 0 aromatic rings. The van der Waals surface area contributed by atoms with Crippen LogP contribution in [0.5, 0.6) is 0 Å². The van der Waals surface area contributed by atoms with Crippen molar-refractivity contribution in [3.05, 3.63) is 11.5 Å². The monoisotopic (exact) mass is 194 g/mol. The van der Waals surface area contributed by atoms with Gasteiger partial charge in [0.15, 0.2) is 5.78 Å². The van der Waals surface area contributed by atoms with E-state index in [9.17, 15) is 4.79 Å². The summed E-state index contributed by atoms with van der Waals surface area (Å²) >= 11 is 0. The molecule has 0 unspecified atom stereocenters. The highest BCUT2D eigenvalue weighted by molar-refractivity contribution is 6.00. The smallest absolute Gasteiger partial charge is 0.159 e. The first-order chi connectivity index (χ1) is 6.59. The first-order valence-electron chi connectivity index (χ1n) is 5.15. The van der Waals surface area contributed by atoms with Crippen molar-refractivity contribution in [1.82, 2.24) is 0 Å². The van der Waals surface area contributed by atoms with Crippen LogP contribution in [0.2, 0.25) is 0 Å². The van der Waals surface area contributed by atoms with Gasteiger partial charge in [-0.25, -0.2) is 0 Å². The zero-order valence-corrected chi connectivity index (χ0v) is 8.55. The second kappa shape index (κ2) is 2.15. The molecule has 1 saturated carbocycles. The lowest BCUT2D eigenvalue weighted by atomic mass is 9.86. The standard InChI is InChI=1S/C11H14O3/c1-10(2)7-8(14-6-5-13-7)11(3-4-11)9(10)12/h3-6H2,1-2H3. The van der Waals surface area contributed by atoms with Gasteiger partial charge in [-0.1, -0.05) is 0 Å². The third kappa shape index (κ3) is 0.725. The fourth-order valence-corrected chi connectivity index (χ4v) is 2.62. The molecule has 1 fully saturated rings. The van der Waals surface area contributed by atoms with Crippen LogP contribution in [0.15, 0.2) is 11.5 Å². The van der Waals surface area contributed by atoms with Crippen molar-refractivity contribution in [3.63, 3.8) is 0 Å². The molecule has 1 spiro atoms. The number of carbonyl (C=O) groups is 1. The van der Waals surface area contributed by atoms with E-state index >= 15 is 0 Å². The molecular weight excluding hydrogens is 180 g/mol. The van der Waals surface area contributed by atoms with E-state index < -0.39 is 5.41 Å². The van der Waals surface area contributed by atoms with E-state index in [0.29, 0.717) is 13.2 Å². The SMILES string of the molecule is CC1(C)C(=O)C2(CC2)C2=C1OCCO2. The Morgan fingerprint density at radius 3 is 2.21 bits per heavy atom. The Bertz CT molecular complexity index is 328. The molecule has 0 N–H and O–H groups in total. The number of carbonyl (C=O) groups excluding carboxylic acids is 1. The summed E-state index contributed by atoms with van der Waals surface area (Å²) in [6.07, 6.45) is 1.88. The summed E-state index contributed by atoms with van der Waals surface area (Å²) in [5.41, 5.74) is -0.745. The van der Waals surface area contributed by atoms with E-state index in [1.807, 2.05) is 13.8 Å². The van der Waals surface area contributed by atoms with Crippen molar-refractivity contribution >= 4 is 5.78 Å². The molecule has 0 radical (unpaired) electrons. The maximum Gasteiger partial charge on any atom is 0.159 e. The first kappa shape index (κ1) is 8.33. The van der Waals surface area contributed by atoms with Gasteiger partial charge in [-0.05, 0) is 26.7 Å². The van der Waals surface area contributed by atoms with E-state index in [2.05, 4.69) is 0 Å². The Kier molecular flexibility index (Phi) is 1.28.